The smallest absolute Gasteiger partial charge is 1.00 e. The van der Waals surface area contributed by atoms with E-state index >= 15 is 0 Å². The third-order valence-corrected chi connectivity index (χ3v) is 15.6. The molecule has 4 aliphatic heterocycles. The normalized spacial score (nSPS) is 18.6. The van der Waals surface area contributed by atoms with Crippen molar-refractivity contribution >= 4 is 47.3 Å². The summed E-state index contributed by atoms with van der Waals surface area (Å²) in [5.41, 5.74) is 11.3. The van der Waals surface area contributed by atoms with Gasteiger partial charge in [0.25, 0.3) is 11.8 Å². The molecule has 4 atom stereocenters. The molecule has 4 heterocycles. The van der Waals surface area contributed by atoms with Crippen LogP contribution >= 0.6 is 15.9 Å². The van der Waals surface area contributed by atoms with Crippen LogP contribution in [0.4, 0.5) is 4.39 Å². The van der Waals surface area contributed by atoms with Crippen molar-refractivity contribution < 1.29 is 192 Å². The standard InChI is InChI=1S/C33H36BrFN3O2.C27H34N3O2.CH4.B.K.2Rb/c1-37(17-16-23-7-4-3-5-8-23)33(39)32-28(20-27-21-36-22-30(32)38(27)2)25-12-10-24(11-13-25)9-6-18-40-31-19-26(35)14-15-29(31)34;1-29(15-14-20-7-4-3-5-8-20)27(32)26-24(17-23-18-28-19-25(26)30(23)2)22-12-10-21(11-13-22)9-6-16-31;;;;;/h3-5,7-8,10-15,19,27,30H,6,9,16-18,20-22H2,1-2H3;3-5,7-8,10-13,23,25,31H,6,9,14-19H2,1-2H3;1H4;;;;/q2*-1;;-1;3*+1. The first-order valence-corrected chi connectivity index (χ1v) is 26.4. The Morgan fingerprint density at radius 2 is 1.05 bits per heavy atom. The molecule has 4 bridgehead atoms. The summed E-state index contributed by atoms with van der Waals surface area (Å²) in [6.07, 6.45) is 6.65. The second kappa shape index (κ2) is 35.9. The average Bonchev–Trinajstić information content (AvgIpc) is 3.39. The van der Waals surface area contributed by atoms with Gasteiger partial charge in [-0.05, 0) is 150 Å². The molecule has 2 amide bonds. The van der Waals surface area contributed by atoms with Crippen LogP contribution < -0.4 is 172 Å². The molecular weight excluding hydrogens is 1200 g/mol. The number of rotatable bonds is 18. The molecule has 9 rings (SSSR count). The minimum absolute atomic E-state index is 0. The van der Waals surface area contributed by atoms with Crippen LogP contribution in [-0.2, 0) is 35.3 Å². The number of benzene rings is 5. The number of ether oxygens (including phenoxy) is 1. The van der Waals surface area contributed by atoms with Crippen LogP contribution in [0, 0.1) is 5.82 Å². The molecule has 4 unspecified atom stereocenters. The molecule has 0 spiro atoms. The summed E-state index contributed by atoms with van der Waals surface area (Å²) in [7, 11) is 8.09. The first kappa shape index (κ1) is 71.1. The number of amides is 2. The summed E-state index contributed by atoms with van der Waals surface area (Å²) >= 11 is 3.41. The van der Waals surface area contributed by atoms with Crippen LogP contribution in [-0.4, -0.2) is 150 Å². The maximum absolute atomic E-state index is 13.9. The fraction of sp³-hybridized carbons (Fsp3) is 0.410. The summed E-state index contributed by atoms with van der Waals surface area (Å²) in [4.78, 5) is 36.1. The van der Waals surface area contributed by atoms with Crippen LogP contribution in [0.15, 0.2) is 143 Å². The monoisotopic (exact) mass is 1270 g/mol. The number of hydrogen-bond acceptors (Lipinski definition) is 6. The number of fused-ring (bicyclic) bond motifs is 4. The number of halogens is 2. The summed E-state index contributed by atoms with van der Waals surface area (Å²) in [6.45, 7) is 5.04. The Bertz CT molecular complexity index is 2680. The van der Waals surface area contributed by atoms with Crippen LogP contribution in [0.3, 0.4) is 0 Å². The third-order valence-electron chi connectivity index (χ3n) is 14.9. The van der Waals surface area contributed by atoms with E-state index in [2.05, 4.69) is 113 Å². The van der Waals surface area contributed by atoms with E-state index in [1.807, 2.05) is 60.3 Å². The number of aliphatic hydroxyl groups excluding tert-OH is 1. The molecule has 0 saturated carbocycles. The van der Waals surface area contributed by atoms with Gasteiger partial charge in [-0.15, -0.1) is 26.2 Å². The number of aryl methyl sites for hydroxylation is 2. The predicted octanol–water partition coefficient (Wildman–Crippen LogP) is 1.31. The van der Waals surface area contributed by atoms with Gasteiger partial charge in [-0.2, -0.15) is 0 Å². The third kappa shape index (κ3) is 19.4. The van der Waals surface area contributed by atoms with Crippen LogP contribution in [0.25, 0.3) is 21.8 Å². The van der Waals surface area contributed by atoms with Crippen LogP contribution in [0.2, 0.25) is 0 Å². The Morgan fingerprint density at radius 1 is 0.636 bits per heavy atom. The van der Waals surface area contributed by atoms with Gasteiger partial charge in [0.1, 0.15) is 11.6 Å². The van der Waals surface area contributed by atoms with Gasteiger partial charge in [-0.25, -0.2) is 4.39 Å². The van der Waals surface area contributed by atoms with Gasteiger partial charge < -0.3 is 38.7 Å². The van der Waals surface area contributed by atoms with Crippen molar-refractivity contribution in [2.24, 2.45) is 0 Å². The second-order valence-corrected chi connectivity index (χ2v) is 20.6. The Kier molecular flexibility index (Phi) is 33.1. The van der Waals surface area contributed by atoms with Crippen molar-refractivity contribution in [1.82, 2.24) is 19.6 Å². The summed E-state index contributed by atoms with van der Waals surface area (Å²) in [5.74, 6) is 0.429. The van der Waals surface area contributed by atoms with Crippen molar-refractivity contribution in [1.29, 1.82) is 0 Å². The molecule has 5 aromatic rings. The van der Waals surface area contributed by atoms with E-state index in [1.165, 1.54) is 40.0 Å². The molecule has 4 aliphatic rings. The number of nitrogens with zero attached hydrogens (tertiary/aromatic N) is 6. The van der Waals surface area contributed by atoms with E-state index in [9.17, 15) is 14.0 Å². The zero-order valence-corrected chi connectivity index (χ0v) is 60.5. The average molecular weight is 1280 g/mol. The molecule has 4 radical (unpaired) electrons. The van der Waals surface area contributed by atoms with Gasteiger partial charge in [-0.1, -0.05) is 117 Å². The molecule has 0 aromatic heterocycles. The molecule has 1 N–H and O–H groups in total. The summed E-state index contributed by atoms with van der Waals surface area (Å²) in [5, 5.41) is 18.5. The maximum atomic E-state index is 13.9. The van der Waals surface area contributed by atoms with E-state index in [0.717, 1.165) is 96.8 Å². The number of hydrogen-bond donors (Lipinski definition) is 1. The first-order chi connectivity index (χ1) is 35.0. The van der Waals surface area contributed by atoms with Crippen LogP contribution in [0.5, 0.6) is 5.75 Å². The predicted molar refractivity (Wildman–Crippen MR) is 304 cm³/mol. The van der Waals surface area contributed by atoms with E-state index in [-0.39, 0.29) is 220 Å². The molecule has 10 nitrogen and oxygen atoms in total. The molecular formula is C61H74BBrFKN6O4Rb2. The molecule has 392 valence electrons. The molecule has 77 heavy (non-hydrogen) atoms. The van der Waals surface area contributed by atoms with Gasteiger partial charge in [0, 0.05) is 63.1 Å². The molecule has 2 saturated heterocycles. The topological polar surface area (TPSA) is 105 Å². The minimum atomic E-state index is -0.310. The Morgan fingerprint density at radius 3 is 1.48 bits per heavy atom. The van der Waals surface area contributed by atoms with Crippen molar-refractivity contribution in [3.05, 3.63) is 193 Å². The Balaban J connectivity index is 0.000000388. The number of carbonyl (C=O) groups is 2. The summed E-state index contributed by atoms with van der Waals surface area (Å²) < 4.78 is 20.0. The van der Waals surface area contributed by atoms with E-state index in [1.54, 1.807) is 6.07 Å². The quantitative estimate of drug-likeness (QED) is 0.105. The first-order valence-electron chi connectivity index (χ1n) is 25.6. The van der Waals surface area contributed by atoms with Gasteiger partial charge in [-0.3, -0.25) is 19.4 Å². The molecule has 0 aliphatic carbocycles. The van der Waals surface area contributed by atoms with E-state index in [0.29, 0.717) is 50.6 Å². The van der Waals surface area contributed by atoms with Crippen molar-refractivity contribution in [3.63, 3.8) is 0 Å². The largest absolute Gasteiger partial charge is 1.00 e. The zero-order chi connectivity index (χ0) is 50.6. The van der Waals surface area contributed by atoms with Crippen LogP contribution in [0.1, 0.15) is 66.5 Å². The van der Waals surface area contributed by atoms with E-state index < -0.39 is 0 Å². The molecule has 5 aromatic carbocycles. The van der Waals surface area contributed by atoms with E-state index in [4.69, 9.17) is 20.5 Å². The van der Waals surface area contributed by atoms with Gasteiger partial charge in [0.2, 0.25) is 0 Å². The number of aliphatic hydroxyl groups is 1. The van der Waals surface area contributed by atoms with Crippen molar-refractivity contribution in [2.75, 3.05) is 80.7 Å². The SMILES string of the molecule is C.CN(CCc1ccccc1)C(=O)C1=C(c2ccc(CCCO)cc2)CC2C[N-]CC1N2C.CN(CCc1ccccc1)C(=O)C1=C(c2ccc(CCCOc3cc(F)ccc3Br)cc2)CC2C[N-]CC1N2C.[B-].[K+].[Rb+].[Rb+]. The summed E-state index contributed by atoms with van der Waals surface area (Å²) in [6, 6.07) is 43.0. The molecule has 16 heteroatoms. The Labute approximate surface area is 610 Å². The van der Waals surface area contributed by atoms with Gasteiger partial charge in [0.15, 0.2) is 0 Å². The van der Waals surface area contributed by atoms with Gasteiger partial charge in [0.05, 0.1) is 11.1 Å². The second-order valence-electron chi connectivity index (χ2n) is 19.7. The van der Waals surface area contributed by atoms with Gasteiger partial charge >= 0.3 is 168 Å². The fourth-order valence-electron chi connectivity index (χ4n) is 10.5. The van der Waals surface area contributed by atoms with Crippen molar-refractivity contribution in [3.8, 4) is 5.75 Å². The zero-order valence-electron chi connectivity index (χ0n) is 45.9. The number of likely N-dealkylation sites (N-methyl/N-ethyl adjacent to an activating group) is 4. The molecule has 2 fully saturated rings. The number of piperazine rings is 2. The fourth-order valence-corrected chi connectivity index (χ4v) is 10.8. The van der Waals surface area contributed by atoms with Crippen molar-refractivity contribution in [2.45, 2.75) is 83.0 Å². The maximum Gasteiger partial charge on any atom is 1.00 e. The minimum Gasteiger partial charge on any atom is -1.00 e. The number of carbonyl (C=O) groups excluding carboxylic acids is 2. The Hall–Kier alpha value is -0.158.